The highest BCUT2D eigenvalue weighted by Crippen LogP contribution is 2.09. The molecule has 11 heteroatoms. The Hall–Kier alpha value is -0.440. The molecule has 0 aromatic heterocycles. The van der Waals surface area contributed by atoms with Crippen LogP contribution < -0.4 is 31.9 Å². The lowest BCUT2D eigenvalue weighted by atomic mass is 10.0. The van der Waals surface area contributed by atoms with Gasteiger partial charge in [0.25, 0.3) is 0 Å². The highest BCUT2D eigenvalue weighted by Gasteiger charge is 1.97. The van der Waals surface area contributed by atoms with Gasteiger partial charge in [-0.05, 0) is 149 Å². The van der Waals surface area contributed by atoms with Crippen molar-refractivity contribution in [2.45, 2.75) is 160 Å². The Balaban J connectivity index is -0.000000156. The minimum atomic E-state index is 0.708. The smallest absolute Gasteiger partial charge is 0.0701 e. The molecule has 11 nitrogen and oxygen atoms in total. The van der Waals surface area contributed by atoms with Gasteiger partial charge < -0.3 is 55.6 Å². The predicted molar refractivity (Wildman–Crippen MR) is 282 cm³/mol. The van der Waals surface area contributed by atoms with Gasteiger partial charge in [-0.15, -0.1) is 0 Å². The molecule has 0 aliphatic rings. The second kappa shape index (κ2) is 70.6. The van der Waals surface area contributed by atoms with Crippen molar-refractivity contribution in [1.29, 1.82) is 0 Å². The molecule has 0 aliphatic heterocycles. The zero-order valence-electron chi connectivity index (χ0n) is 46.3. The second-order valence-corrected chi connectivity index (χ2v) is 18.9. The van der Waals surface area contributed by atoms with Crippen LogP contribution in [0.3, 0.4) is 0 Å². The fourth-order valence-electron chi connectivity index (χ4n) is 4.69. The maximum Gasteiger partial charge on any atom is 0.0701 e. The Morgan fingerprint density at radius 3 is 0.873 bits per heavy atom. The Labute approximate surface area is 397 Å². The third kappa shape index (κ3) is 110. The molecule has 0 aromatic rings. The lowest BCUT2D eigenvalue weighted by Gasteiger charge is -2.06. The molecular weight excluding hydrogens is 789 g/mol. The largest absolute Gasteiger partial charge is 0.381 e. The van der Waals surface area contributed by atoms with E-state index in [0.717, 1.165) is 141 Å². The summed E-state index contributed by atoms with van der Waals surface area (Å²) in [6, 6.07) is 0. The van der Waals surface area contributed by atoms with Crippen LogP contribution in [-0.2, 0) is 23.7 Å². The number of unbranched alkanes of at least 4 members (excludes halogenated alkanes) is 3. The van der Waals surface area contributed by atoms with Gasteiger partial charge in [-0.1, -0.05) is 109 Å². The van der Waals surface area contributed by atoms with Crippen LogP contribution >= 0.6 is 0 Å². The third-order valence-corrected chi connectivity index (χ3v) is 9.10. The summed E-state index contributed by atoms with van der Waals surface area (Å²) in [5.74, 6) is 4.79. The number of nitrogens with one attached hydrogen (secondary N) is 6. The normalized spacial score (nSPS) is 10.9. The first-order valence-corrected chi connectivity index (χ1v) is 25.9. The average molecular weight is 912 g/mol. The summed E-state index contributed by atoms with van der Waals surface area (Å²) in [6.07, 6.45) is 15.3. The first-order valence-electron chi connectivity index (χ1n) is 25.9. The van der Waals surface area contributed by atoms with Gasteiger partial charge in [0.2, 0.25) is 0 Å². The van der Waals surface area contributed by atoms with E-state index in [1.165, 1.54) is 70.8 Å². The van der Waals surface area contributed by atoms with Crippen molar-refractivity contribution in [2.75, 3.05) is 148 Å². The number of ether oxygens (including phenoxy) is 5. The molecule has 0 fully saturated rings. The molecule has 0 rings (SSSR count). The van der Waals surface area contributed by atoms with Gasteiger partial charge in [-0.3, -0.25) is 0 Å². The van der Waals surface area contributed by atoms with E-state index in [0.29, 0.717) is 6.61 Å². The zero-order chi connectivity index (χ0) is 49.0. The minimum absolute atomic E-state index is 0.708. The van der Waals surface area contributed by atoms with Crippen LogP contribution in [0.4, 0.5) is 0 Å². The van der Waals surface area contributed by atoms with Gasteiger partial charge in [0, 0.05) is 52.7 Å². The Morgan fingerprint density at radius 1 is 0.222 bits per heavy atom. The highest BCUT2D eigenvalue weighted by molar-refractivity contribution is 4.50. The Morgan fingerprint density at radius 2 is 0.508 bits per heavy atom. The molecule has 0 unspecified atom stereocenters. The summed E-state index contributed by atoms with van der Waals surface area (Å²) >= 11 is 0. The van der Waals surface area contributed by atoms with Crippen LogP contribution in [0.5, 0.6) is 0 Å². The monoisotopic (exact) mass is 911 g/mol. The van der Waals surface area contributed by atoms with Crippen LogP contribution in [-0.4, -0.2) is 148 Å². The summed E-state index contributed by atoms with van der Waals surface area (Å²) in [6.45, 7) is 41.4. The maximum atomic E-state index is 5.41. The summed E-state index contributed by atoms with van der Waals surface area (Å²) in [7, 11) is 11.8. The topological polar surface area (TPSA) is 118 Å². The van der Waals surface area contributed by atoms with Crippen LogP contribution in [0.1, 0.15) is 160 Å². The molecule has 0 spiro atoms. The van der Waals surface area contributed by atoms with Crippen molar-refractivity contribution >= 4 is 0 Å². The second-order valence-electron chi connectivity index (χ2n) is 18.9. The summed E-state index contributed by atoms with van der Waals surface area (Å²) in [5.41, 5.74) is 0. The lowest BCUT2D eigenvalue weighted by Crippen LogP contribution is -2.16. The van der Waals surface area contributed by atoms with Crippen LogP contribution in [0, 0.1) is 35.5 Å². The maximum absolute atomic E-state index is 5.41. The van der Waals surface area contributed by atoms with Crippen LogP contribution in [0.25, 0.3) is 0 Å². The standard InChI is InChI=1S/C10H23NO2.C10H23N.2C9H21NO.C8H19NO.C6H15N/c1-10(2)4-6-12-8-9-13-7-5-11-3;1-10(2)8-6-4-5-7-9-11-3;1-9(2)5-8-11-7-4-6-10-3;1-9(2)5-4-7-11-8-6-10-3;1-8(2)4-6-10-7-5-9-3;1-6(2)4-5-7-3/h10-11H,4-9H2,1-3H3;10-11H,4-9H2,1-3H3;2*9-10H,4-8H2,1-3H3;8-9H,4-7H2,1-3H3;6-7H,4-5H2,1-3H3. The molecule has 0 atom stereocenters. The molecule has 0 radical (unpaired) electrons. The number of hydrogen-bond donors (Lipinski definition) is 6. The fourth-order valence-corrected chi connectivity index (χ4v) is 4.69. The summed E-state index contributed by atoms with van der Waals surface area (Å²) < 4.78 is 26.8. The van der Waals surface area contributed by atoms with Crippen LogP contribution in [0.2, 0.25) is 0 Å². The van der Waals surface area contributed by atoms with Crippen molar-refractivity contribution in [3.63, 3.8) is 0 Å². The number of hydrogen-bond acceptors (Lipinski definition) is 11. The Bertz CT molecular complexity index is 658. The number of likely N-dealkylation sites (N-methyl/N-ethyl adjacent to an activating group) is 3. The van der Waals surface area contributed by atoms with Crippen LogP contribution in [0.15, 0.2) is 0 Å². The van der Waals surface area contributed by atoms with E-state index in [2.05, 4.69) is 115 Å². The van der Waals surface area contributed by atoms with E-state index in [-0.39, 0.29) is 0 Å². The molecule has 0 saturated heterocycles. The highest BCUT2D eigenvalue weighted by atomic mass is 16.5. The lowest BCUT2D eigenvalue weighted by molar-refractivity contribution is 0.0454. The molecule has 390 valence electrons. The molecule has 0 bridgehead atoms. The van der Waals surface area contributed by atoms with Crippen molar-refractivity contribution in [1.82, 2.24) is 31.9 Å². The van der Waals surface area contributed by atoms with E-state index in [9.17, 15) is 0 Å². The van der Waals surface area contributed by atoms with Crippen molar-refractivity contribution < 1.29 is 23.7 Å². The van der Waals surface area contributed by atoms with E-state index in [1.54, 1.807) is 0 Å². The first kappa shape index (κ1) is 74.1. The minimum Gasteiger partial charge on any atom is -0.381 e. The SMILES string of the molecule is CNCCC(C)C.CNCCCCCCC(C)C.CNCCCOCCC(C)C.CNCCOCCC(C)C.CNCCOCCCC(C)C.CNCCOCCOCCC(C)C. The molecule has 0 heterocycles. The van der Waals surface area contributed by atoms with Gasteiger partial charge in [-0.2, -0.15) is 0 Å². The molecule has 63 heavy (non-hydrogen) atoms. The van der Waals surface area contributed by atoms with Crippen molar-refractivity contribution in [3.05, 3.63) is 0 Å². The zero-order valence-corrected chi connectivity index (χ0v) is 46.3. The van der Waals surface area contributed by atoms with Gasteiger partial charge in [-0.25, -0.2) is 0 Å². The predicted octanol–water partition coefficient (Wildman–Crippen LogP) is 9.94. The molecule has 6 N–H and O–H groups in total. The molecule has 0 aliphatic carbocycles. The quantitative estimate of drug-likeness (QED) is 0.0331. The molecular formula is C52H122N6O5. The average Bonchev–Trinajstić information content (AvgIpc) is 3.22. The number of rotatable bonds is 39. The van der Waals surface area contributed by atoms with E-state index < -0.39 is 0 Å². The van der Waals surface area contributed by atoms with Gasteiger partial charge in [0.1, 0.15) is 0 Å². The fraction of sp³-hybridized carbons (Fsp3) is 1.00. The summed E-state index contributed by atoms with van der Waals surface area (Å²) in [4.78, 5) is 0. The van der Waals surface area contributed by atoms with E-state index >= 15 is 0 Å². The van der Waals surface area contributed by atoms with E-state index in [4.69, 9.17) is 23.7 Å². The molecule has 0 aromatic carbocycles. The van der Waals surface area contributed by atoms with Gasteiger partial charge in [0.05, 0.1) is 33.0 Å². The summed E-state index contributed by atoms with van der Waals surface area (Å²) in [5, 5.41) is 18.4. The molecule has 0 amide bonds. The van der Waals surface area contributed by atoms with Gasteiger partial charge in [0.15, 0.2) is 0 Å². The van der Waals surface area contributed by atoms with E-state index in [1.807, 2.05) is 42.3 Å². The van der Waals surface area contributed by atoms with Crippen molar-refractivity contribution in [3.8, 4) is 0 Å². The third-order valence-electron chi connectivity index (χ3n) is 9.10. The first-order chi connectivity index (χ1) is 30.1. The van der Waals surface area contributed by atoms with Crippen molar-refractivity contribution in [2.24, 2.45) is 35.5 Å². The molecule has 0 saturated carbocycles. The Kier molecular flexibility index (Phi) is 83.0. The van der Waals surface area contributed by atoms with Gasteiger partial charge >= 0.3 is 0 Å².